The number of hydrogen-bond donors (Lipinski definition) is 0. The zero-order valence-corrected chi connectivity index (χ0v) is 18.1. The van der Waals surface area contributed by atoms with Crippen LogP contribution in [0.1, 0.15) is 19.3 Å². The Morgan fingerprint density at radius 2 is 0.917 bits per heavy atom. The molecule has 0 heterocycles. The van der Waals surface area contributed by atoms with Crippen LogP contribution in [0.4, 0.5) is 79.0 Å². The van der Waals surface area contributed by atoms with Crippen molar-refractivity contribution in [1.82, 2.24) is 4.67 Å². The molecule has 0 aliphatic heterocycles. The molecule has 0 amide bonds. The van der Waals surface area contributed by atoms with E-state index in [1.165, 1.54) is 0 Å². The molecule has 36 heavy (non-hydrogen) atoms. The summed E-state index contributed by atoms with van der Waals surface area (Å²) >= 11 is 0. The smallest absolute Gasteiger partial charge is 0.293 e. The molecule has 0 aromatic rings. The van der Waals surface area contributed by atoms with E-state index in [-0.39, 0.29) is 6.42 Å². The van der Waals surface area contributed by atoms with Crippen LogP contribution in [-0.2, 0) is 4.57 Å². The van der Waals surface area contributed by atoms with Gasteiger partial charge in [0.05, 0.1) is 0 Å². The van der Waals surface area contributed by atoms with E-state index in [2.05, 4.69) is 6.58 Å². The highest BCUT2D eigenvalue weighted by molar-refractivity contribution is 7.64. The zero-order chi connectivity index (χ0) is 29.6. The van der Waals surface area contributed by atoms with Gasteiger partial charge in [0.1, 0.15) is 0 Å². The molecule has 0 unspecified atom stereocenters. The first-order valence-corrected chi connectivity index (χ1v) is 10.5. The summed E-state index contributed by atoms with van der Waals surface area (Å²) in [6, 6.07) is 0. The fraction of sp³-hybridized carbons (Fsp3) is 0.867. The van der Waals surface area contributed by atoms with Gasteiger partial charge < -0.3 is 0 Å². The van der Waals surface area contributed by atoms with Gasteiger partial charge >= 0.3 is 47.4 Å². The second-order valence-electron chi connectivity index (χ2n) is 7.12. The summed E-state index contributed by atoms with van der Waals surface area (Å²) in [5, 5.41) is 0. The lowest BCUT2D eigenvalue weighted by Crippen LogP contribution is -2.67. The van der Waals surface area contributed by atoms with E-state index in [9.17, 15) is 83.6 Å². The summed E-state index contributed by atoms with van der Waals surface area (Å²) < 4.78 is 251. The molecule has 0 saturated heterocycles. The third-order valence-electron chi connectivity index (χ3n) is 4.64. The van der Waals surface area contributed by atoms with E-state index < -0.39 is 85.8 Å². The Bertz CT molecular complexity index is 775. The first-order valence-electron chi connectivity index (χ1n) is 8.81. The van der Waals surface area contributed by atoms with Gasteiger partial charge in [-0.05, 0) is 26.3 Å². The molecule has 0 atom stereocenters. The third kappa shape index (κ3) is 4.79. The Morgan fingerprint density at radius 1 is 0.611 bits per heavy atom. The summed E-state index contributed by atoms with van der Waals surface area (Å²) in [6.07, 6.45) is -16.1. The minimum Gasteiger partial charge on any atom is -0.293 e. The van der Waals surface area contributed by atoms with Gasteiger partial charge in [-0.3, -0.25) is 4.57 Å². The largest absolute Gasteiger partial charge is 0.460 e. The lowest BCUT2D eigenvalue weighted by atomic mass is 10.1. The maximum atomic E-state index is 14.4. The van der Waals surface area contributed by atoms with Gasteiger partial charge in [0.15, 0.2) is 0 Å². The molecule has 0 radical (unpaired) electrons. The van der Waals surface area contributed by atoms with Crippen LogP contribution in [0.15, 0.2) is 12.7 Å². The molecule has 0 aliphatic carbocycles. The average Bonchev–Trinajstić information content (AvgIpc) is 2.67. The van der Waals surface area contributed by atoms with Crippen molar-refractivity contribution in [3.8, 4) is 0 Å². The Labute approximate surface area is 189 Å². The summed E-state index contributed by atoms with van der Waals surface area (Å²) in [6.45, 7) is 1.25. The molecule has 2 nitrogen and oxygen atoms in total. The van der Waals surface area contributed by atoms with Crippen molar-refractivity contribution in [1.29, 1.82) is 0 Å². The molecule has 0 aliphatic rings. The van der Waals surface area contributed by atoms with Crippen molar-refractivity contribution in [2.24, 2.45) is 0 Å². The van der Waals surface area contributed by atoms with Crippen molar-refractivity contribution in [3.63, 3.8) is 0 Å². The van der Waals surface area contributed by atoms with Gasteiger partial charge in [0, 0.05) is 6.54 Å². The molecule has 21 heteroatoms. The average molecular weight is 597 g/mol. The molecule has 0 bridgehead atoms. The first kappa shape index (κ1) is 34.7. The molecule has 0 saturated carbocycles. The molecular weight excluding hydrogens is 583 g/mol. The minimum atomic E-state index is -9.16. The lowest BCUT2D eigenvalue weighted by Gasteiger charge is -2.46. The van der Waals surface area contributed by atoms with Crippen LogP contribution in [0.3, 0.4) is 0 Å². The van der Waals surface area contributed by atoms with Gasteiger partial charge in [0.25, 0.3) is 7.29 Å². The van der Waals surface area contributed by atoms with Gasteiger partial charge in [-0.2, -0.15) is 79.0 Å². The fourth-order valence-corrected chi connectivity index (χ4v) is 5.17. The van der Waals surface area contributed by atoms with Gasteiger partial charge in [-0.25, -0.2) is 4.67 Å². The van der Waals surface area contributed by atoms with Crippen molar-refractivity contribution >= 4 is 7.29 Å². The Balaban J connectivity index is 7.43. The standard InChI is InChI=1S/C15H14F18NOP/c1-3-4-5-6-7-34(2)36(35,14(30,31)10(20,21)8(16,17)12(24,25)26)15(32,33)11(22,23)9(18,19)13(27,28)29/h3H,1,4-7H2,2H3. The molecule has 0 spiro atoms. The predicted molar refractivity (Wildman–Crippen MR) is 86.1 cm³/mol. The molecule has 0 rings (SSSR count). The minimum absolute atomic E-state index is 0.199. The van der Waals surface area contributed by atoms with E-state index in [4.69, 9.17) is 0 Å². The Morgan fingerprint density at radius 3 is 1.17 bits per heavy atom. The number of hydrogen-bond acceptors (Lipinski definition) is 1. The highest BCUT2D eigenvalue weighted by Crippen LogP contribution is 2.81. The SMILES string of the molecule is C=CCCCCN(C)P(=O)(C(F)(F)C(F)(F)C(F)(F)C(F)(F)F)C(F)(F)C(F)(F)C(F)(F)C(F)(F)F. The zero-order valence-electron chi connectivity index (χ0n) is 17.2. The Kier molecular flexibility index (Phi) is 9.40. The normalized spacial score (nSPS) is 16.0. The second kappa shape index (κ2) is 9.76. The van der Waals surface area contributed by atoms with Crippen LogP contribution < -0.4 is 0 Å². The summed E-state index contributed by atoms with van der Waals surface area (Å²) in [7, 11) is -9.69. The number of alkyl halides is 18. The third-order valence-corrected chi connectivity index (χ3v) is 7.88. The predicted octanol–water partition coefficient (Wildman–Crippen LogP) is 8.40. The highest BCUT2D eigenvalue weighted by atomic mass is 31.2. The summed E-state index contributed by atoms with van der Waals surface area (Å²) in [4.78, 5) is 0. The second-order valence-corrected chi connectivity index (χ2v) is 10.1. The van der Waals surface area contributed by atoms with E-state index in [1.807, 2.05) is 0 Å². The van der Waals surface area contributed by atoms with Crippen molar-refractivity contribution < 1.29 is 83.6 Å². The van der Waals surface area contributed by atoms with Crippen LogP contribution in [0.25, 0.3) is 0 Å². The molecule has 0 aromatic heterocycles. The maximum absolute atomic E-state index is 14.4. The molecule has 216 valence electrons. The number of allylic oxidation sites excluding steroid dienone is 1. The van der Waals surface area contributed by atoms with Gasteiger partial charge in [-0.15, -0.1) is 6.58 Å². The van der Waals surface area contributed by atoms with Crippen molar-refractivity contribution in [2.75, 3.05) is 13.6 Å². The first-order chi connectivity index (χ1) is 15.5. The van der Waals surface area contributed by atoms with Crippen LogP contribution in [0.2, 0.25) is 0 Å². The number of unbranched alkanes of at least 4 members (excludes halogenated alkanes) is 2. The number of halogens is 18. The molecule has 0 N–H and O–H groups in total. The van der Waals surface area contributed by atoms with Crippen LogP contribution in [-0.4, -0.2) is 65.6 Å². The highest BCUT2D eigenvalue weighted by Gasteiger charge is 2.95. The van der Waals surface area contributed by atoms with Gasteiger partial charge in [-0.1, -0.05) is 6.08 Å². The molecular formula is C15H14F18NOP. The van der Waals surface area contributed by atoms with E-state index in [0.717, 1.165) is 6.08 Å². The van der Waals surface area contributed by atoms with Crippen LogP contribution in [0.5, 0.6) is 0 Å². The van der Waals surface area contributed by atoms with E-state index >= 15 is 0 Å². The quantitative estimate of drug-likeness (QED) is 0.0975. The number of rotatable bonds is 12. The topological polar surface area (TPSA) is 20.3 Å². The molecule has 0 fully saturated rings. The summed E-state index contributed by atoms with van der Waals surface area (Å²) in [5.74, 6) is -32.9. The fourth-order valence-electron chi connectivity index (χ4n) is 2.49. The maximum Gasteiger partial charge on any atom is 0.460 e. The van der Waals surface area contributed by atoms with Crippen LogP contribution in [0, 0.1) is 0 Å². The Hall–Kier alpha value is -1.33. The monoisotopic (exact) mass is 597 g/mol. The van der Waals surface area contributed by atoms with Gasteiger partial charge in [0.2, 0.25) is 0 Å². The van der Waals surface area contributed by atoms with Crippen LogP contribution >= 0.6 is 7.29 Å². The van der Waals surface area contributed by atoms with Crippen molar-refractivity contribution in [3.05, 3.63) is 12.7 Å². The summed E-state index contributed by atoms with van der Waals surface area (Å²) in [5.41, 5.74) is -16.4. The van der Waals surface area contributed by atoms with E-state index in [0.29, 0.717) is 0 Å². The molecule has 0 aromatic carbocycles. The lowest BCUT2D eigenvalue weighted by molar-refractivity contribution is -0.391. The van der Waals surface area contributed by atoms with Crippen molar-refractivity contribution in [2.45, 2.75) is 66.6 Å². The number of nitrogens with zero attached hydrogens (tertiary/aromatic N) is 1. The van der Waals surface area contributed by atoms with E-state index in [1.54, 1.807) is 0 Å².